The fourth-order valence-corrected chi connectivity index (χ4v) is 3.61. The van der Waals surface area contributed by atoms with Crippen LogP contribution in [0.2, 0.25) is 0 Å². The molecular weight excluding hydrogens is 421 g/mol. The number of halogens is 3. The van der Waals surface area contributed by atoms with Crippen molar-refractivity contribution in [3.05, 3.63) is 48.2 Å². The zero-order valence-electron chi connectivity index (χ0n) is 16.5. The van der Waals surface area contributed by atoms with Crippen molar-refractivity contribution in [2.45, 2.75) is 44.2 Å². The van der Waals surface area contributed by atoms with E-state index in [2.05, 4.69) is 4.98 Å². The van der Waals surface area contributed by atoms with Gasteiger partial charge in [-0.2, -0.15) is 13.2 Å². The Hall–Kier alpha value is -3.08. The Morgan fingerprint density at radius 2 is 2.03 bits per heavy atom. The van der Waals surface area contributed by atoms with Crippen LogP contribution in [0.4, 0.5) is 13.2 Å². The number of pyridine rings is 1. The third-order valence-corrected chi connectivity index (χ3v) is 5.02. The summed E-state index contributed by atoms with van der Waals surface area (Å²) in [5.74, 6) is -1.66. The largest absolute Gasteiger partial charge is 0.490 e. The number of nitrogens with zero attached hydrogens (tertiary/aromatic N) is 2. The molecule has 1 saturated carbocycles. The first-order valence-corrected chi connectivity index (χ1v) is 9.52. The zero-order chi connectivity index (χ0) is 22.6. The van der Waals surface area contributed by atoms with Crippen molar-refractivity contribution >= 4 is 11.9 Å². The van der Waals surface area contributed by atoms with Crippen LogP contribution in [0.25, 0.3) is 0 Å². The summed E-state index contributed by atoms with van der Waals surface area (Å²) < 4.78 is 49.1. The van der Waals surface area contributed by atoms with Crippen LogP contribution in [0.3, 0.4) is 0 Å². The molecule has 31 heavy (non-hydrogen) atoms. The van der Waals surface area contributed by atoms with Gasteiger partial charge in [0.05, 0.1) is 25.1 Å². The number of rotatable bonds is 3. The molecule has 8 nitrogen and oxygen atoms in total. The number of furan rings is 1. The van der Waals surface area contributed by atoms with Crippen LogP contribution in [-0.2, 0) is 9.53 Å². The van der Waals surface area contributed by atoms with E-state index in [4.69, 9.17) is 23.8 Å². The fourth-order valence-electron chi connectivity index (χ4n) is 3.61. The molecule has 1 saturated heterocycles. The average molecular weight is 442 g/mol. The Bertz CT molecular complexity index is 902. The van der Waals surface area contributed by atoms with Gasteiger partial charge in [0, 0.05) is 18.3 Å². The monoisotopic (exact) mass is 442 g/mol. The van der Waals surface area contributed by atoms with E-state index >= 15 is 0 Å². The molecule has 4 rings (SSSR count). The van der Waals surface area contributed by atoms with Crippen LogP contribution < -0.4 is 4.74 Å². The molecule has 0 bridgehead atoms. The van der Waals surface area contributed by atoms with Gasteiger partial charge in [-0.3, -0.25) is 9.78 Å². The molecule has 11 heteroatoms. The maximum absolute atomic E-state index is 12.8. The maximum atomic E-state index is 12.8. The van der Waals surface area contributed by atoms with E-state index in [0.29, 0.717) is 18.9 Å². The standard InChI is InChI=1S/C18H20N2O4.C2HF3O2/c1-12-6-9-22-16(12)18(21)20-8-10-23-17-14(20)4-5-15(17)24-13-3-2-7-19-11-13;3-2(4,5)1(6)7/h2-3,6-7,9,11,14-15,17H,4-5,8,10H2,1H3;(H,6,7)/t14-,15-,17+;/m0./s1. The van der Waals surface area contributed by atoms with E-state index < -0.39 is 12.1 Å². The van der Waals surface area contributed by atoms with Crippen molar-refractivity contribution < 1.29 is 41.8 Å². The maximum Gasteiger partial charge on any atom is 0.490 e. The first-order chi connectivity index (χ1) is 14.7. The number of morpholine rings is 1. The summed E-state index contributed by atoms with van der Waals surface area (Å²) in [6.45, 7) is 2.98. The zero-order valence-corrected chi connectivity index (χ0v) is 16.5. The number of hydrogen-bond donors (Lipinski definition) is 1. The molecule has 0 aromatic carbocycles. The number of carbonyl (C=O) groups is 2. The molecule has 168 valence electrons. The third kappa shape index (κ3) is 5.35. The van der Waals surface area contributed by atoms with Crippen LogP contribution in [0.15, 0.2) is 41.3 Å². The molecule has 1 aliphatic heterocycles. The van der Waals surface area contributed by atoms with Crippen molar-refractivity contribution in [3.63, 3.8) is 0 Å². The van der Waals surface area contributed by atoms with Crippen LogP contribution in [-0.4, -0.2) is 64.4 Å². The number of aliphatic carboxylic acids is 1. The van der Waals surface area contributed by atoms with Gasteiger partial charge in [-0.1, -0.05) is 0 Å². The number of carboxylic acid groups (broad SMARTS) is 1. The quantitative estimate of drug-likeness (QED) is 0.780. The minimum atomic E-state index is -5.08. The number of alkyl halides is 3. The van der Waals surface area contributed by atoms with Crippen LogP contribution >= 0.6 is 0 Å². The molecule has 0 spiro atoms. The van der Waals surface area contributed by atoms with Gasteiger partial charge in [-0.15, -0.1) is 0 Å². The normalized spacial score (nSPS) is 22.8. The summed E-state index contributed by atoms with van der Waals surface area (Å²) in [6.07, 6.45) is 1.43. The van der Waals surface area contributed by atoms with Gasteiger partial charge in [-0.05, 0) is 38.0 Å². The molecule has 1 aliphatic carbocycles. The molecule has 2 fully saturated rings. The predicted octanol–water partition coefficient (Wildman–Crippen LogP) is 3.07. The number of aromatic nitrogens is 1. The van der Waals surface area contributed by atoms with Gasteiger partial charge in [-0.25, -0.2) is 4.79 Å². The number of ether oxygens (including phenoxy) is 2. The summed E-state index contributed by atoms with van der Waals surface area (Å²) in [5, 5.41) is 7.12. The van der Waals surface area contributed by atoms with E-state index in [1.807, 2.05) is 30.0 Å². The van der Waals surface area contributed by atoms with Gasteiger partial charge in [0.2, 0.25) is 0 Å². The highest BCUT2D eigenvalue weighted by Gasteiger charge is 2.46. The Labute approximate surface area is 175 Å². The fraction of sp³-hybridized carbons (Fsp3) is 0.450. The lowest BCUT2D eigenvalue weighted by Crippen LogP contribution is -2.54. The molecular formula is C20H21F3N2O6. The Morgan fingerprint density at radius 3 is 2.61 bits per heavy atom. The molecule has 3 atom stereocenters. The molecule has 1 N–H and O–H groups in total. The SMILES string of the molecule is Cc1ccoc1C(=O)N1CCO[C@H]2[C@@H](Oc3cccnc3)CC[C@@H]21.O=C(O)C(F)(F)F. The van der Waals surface area contributed by atoms with Gasteiger partial charge >= 0.3 is 12.1 Å². The predicted molar refractivity (Wildman–Crippen MR) is 99.6 cm³/mol. The first kappa shape index (κ1) is 22.6. The van der Waals surface area contributed by atoms with Crippen molar-refractivity contribution in [2.24, 2.45) is 0 Å². The number of fused-ring (bicyclic) bond motifs is 1. The Kier molecular flexibility index (Phi) is 6.84. The van der Waals surface area contributed by atoms with Crippen molar-refractivity contribution in [1.82, 2.24) is 9.88 Å². The van der Waals surface area contributed by atoms with E-state index in [1.165, 1.54) is 0 Å². The Morgan fingerprint density at radius 1 is 1.29 bits per heavy atom. The van der Waals surface area contributed by atoms with E-state index in [1.54, 1.807) is 18.7 Å². The number of carboxylic acids is 1. The van der Waals surface area contributed by atoms with E-state index in [9.17, 15) is 18.0 Å². The molecule has 2 aromatic rings. The van der Waals surface area contributed by atoms with Crippen LogP contribution in [0.1, 0.15) is 29.0 Å². The highest BCUT2D eigenvalue weighted by Crippen LogP contribution is 2.34. The first-order valence-electron chi connectivity index (χ1n) is 9.52. The number of amides is 1. The minimum Gasteiger partial charge on any atom is -0.486 e. The van der Waals surface area contributed by atoms with Gasteiger partial charge in [0.15, 0.2) is 5.76 Å². The molecule has 2 aromatic heterocycles. The van der Waals surface area contributed by atoms with Crippen molar-refractivity contribution in [3.8, 4) is 5.75 Å². The minimum absolute atomic E-state index is 0.0254. The number of hydrogen-bond acceptors (Lipinski definition) is 6. The van der Waals surface area contributed by atoms with Crippen molar-refractivity contribution in [2.75, 3.05) is 13.2 Å². The highest BCUT2D eigenvalue weighted by molar-refractivity contribution is 5.93. The molecule has 0 unspecified atom stereocenters. The second-order valence-electron chi connectivity index (χ2n) is 7.06. The second-order valence-corrected chi connectivity index (χ2v) is 7.06. The lowest BCUT2D eigenvalue weighted by atomic mass is 10.1. The lowest BCUT2D eigenvalue weighted by Gasteiger charge is -2.38. The molecule has 1 amide bonds. The molecule has 2 aliphatic rings. The summed E-state index contributed by atoms with van der Waals surface area (Å²) in [5.41, 5.74) is 0.865. The highest BCUT2D eigenvalue weighted by atomic mass is 19.4. The average Bonchev–Trinajstić information content (AvgIpc) is 3.34. The number of aryl methyl sites for hydroxylation is 1. The molecule has 0 radical (unpaired) electrons. The third-order valence-electron chi connectivity index (χ3n) is 5.02. The topological polar surface area (TPSA) is 102 Å². The summed E-state index contributed by atoms with van der Waals surface area (Å²) >= 11 is 0. The second kappa shape index (κ2) is 9.38. The smallest absolute Gasteiger partial charge is 0.486 e. The summed E-state index contributed by atoms with van der Waals surface area (Å²) in [4.78, 5) is 27.7. The molecule has 3 heterocycles. The van der Waals surface area contributed by atoms with Crippen LogP contribution in [0.5, 0.6) is 5.75 Å². The lowest BCUT2D eigenvalue weighted by molar-refractivity contribution is -0.192. The van der Waals surface area contributed by atoms with Crippen molar-refractivity contribution in [1.29, 1.82) is 0 Å². The van der Waals surface area contributed by atoms with Crippen LogP contribution in [0, 0.1) is 6.92 Å². The summed E-state index contributed by atoms with van der Waals surface area (Å²) in [6, 6.07) is 5.57. The van der Waals surface area contributed by atoms with Gasteiger partial charge in [0.1, 0.15) is 18.0 Å². The van der Waals surface area contributed by atoms with Gasteiger partial charge in [0.25, 0.3) is 5.91 Å². The number of carbonyl (C=O) groups excluding carboxylic acids is 1. The van der Waals surface area contributed by atoms with E-state index in [-0.39, 0.29) is 24.2 Å². The Balaban J connectivity index is 0.000000339. The summed E-state index contributed by atoms with van der Waals surface area (Å²) in [7, 11) is 0. The van der Waals surface area contributed by atoms with E-state index in [0.717, 1.165) is 24.2 Å². The van der Waals surface area contributed by atoms with Gasteiger partial charge < -0.3 is 23.9 Å².